The van der Waals surface area contributed by atoms with E-state index in [0.717, 1.165) is 36.8 Å². The first-order valence-corrected chi connectivity index (χ1v) is 14.8. The minimum absolute atomic E-state index is 0.0532. The van der Waals surface area contributed by atoms with E-state index in [1.54, 1.807) is 12.1 Å². The number of nitrogens with one attached hydrogen (secondary N) is 1. The molecule has 38 heavy (non-hydrogen) atoms. The van der Waals surface area contributed by atoms with Crippen LogP contribution in [-0.2, 0) is 14.6 Å². The van der Waals surface area contributed by atoms with Crippen molar-refractivity contribution in [2.45, 2.75) is 53.5 Å². The van der Waals surface area contributed by atoms with E-state index in [4.69, 9.17) is 11.6 Å². The molecule has 1 aromatic rings. The van der Waals surface area contributed by atoms with E-state index >= 15 is 0 Å². The van der Waals surface area contributed by atoms with Crippen molar-refractivity contribution in [3.8, 4) is 6.07 Å². The molecule has 13 heteroatoms. The van der Waals surface area contributed by atoms with Crippen LogP contribution < -0.4 is 10.2 Å². The second-order valence-electron chi connectivity index (χ2n) is 11.1. The molecule has 1 amide bonds. The lowest BCUT2D eigenvalue weighted by Crippen LogP contribution is -2.60. The third-order valence-corrected chi connectivity index (χ3v) is 11.0. The average molecular weight is 572 g/mol. The number of likely N-dealkylation sites (tertiary alicyclic amines) is 1. The van der Waals surface area contributed by atoms with Crippen LogP contribution in [0.1, 0.15) is 25.7 Å². The Morgan fingerprint density at radius 3 is 2.42 bits per heavy atom. The predicted octanol–water partition coefficient (Wildman–Crippen LogP) is 1.70. The highest BCUT2D eigenvalue weighted by Crippen LogP contribution is 2.45. The van der Waals surface area contributed by atoms with Gasteiger partial charge in [-0.15, -0.1) is 0 Å². The van der Waals surface area contributed by atoms with Crippen molar-refractivity contribution in [2.24, 2.45) is 11.8 Å². The number of carbonyl (C=O) groups is 1. The minimum Gasteiger partial charge on any atom is -0.378 e. The highest BCUT2D eigenvalue weighted by molar-refractivity contribution is 7.92. The number of sulfone groups is 1. The lowest BCUT2D eigenvalue weighted by Gasteiger charge is -2.41. The van der Waals surface area contributed by atoms with Gasteiger partial charge in [0.05, 0.1) is 34.3 Å². The Morgan fingerprint density at radius 2 is 1.87 bits per heavy atom. The van der Waals surface area contributed by atoms with Gasteiger partial charge < -0.3 is 19.8 Å². The molecule has 1 aromatic carbocycles. The maximum atomic E-state index is 13.7. The Labute approximate surface area is 226 Å². The molecule has 0 spiro atoms. The Kier molecular flexibility index (Phi) is 7.14. The number of hydrogen-bond acceptors (Lipinski definition) is 8. The summed E-state index contributed by atoms with van der Waals surface area (Å²) < 4.78 is 54.4. The number of piperazine rings is 1. The van der Waals surface area contributed by atoms with Crippen LogP contribution in [0.5, 0.6) is 0 Å². The number of benzene rings is 1. The largest absolute Gasteiger partial charge is 0.378 e. The molecular weight excluding hydrogens is 540 g/mol. The van der Waals surface area contributed by atoms with Gasteiger partial charge in [0.2, 0.25) is 5.91 Å². The van der Waals surface area contributed by atoms with Gasteiger partial charge in [-0.3, -0.25) is 10.1 Å². The number of anilines is 1. The van der Waals surface area contributed by atoms with Crippen LogP contribution >= 0.6 is 11.6 Å². The van der Waals surface area contributed by atoms with E-state index in [2.05, 4.69) is 21.2 Å². The zero-order valence-corrected chi connectivity index (χ0v) is 22.7. The zero-order valence-electron chi connectivity index (χ0n) is 21.1. The first-order valence-electron chi connectivity index (χ1n) is 12.8. The Hall–Kier alpha value is -2.04. The summed E-state index contributed by atoms with van der Waals surface area (Å²) in [6.45, 7) is 1.89. The van der Waals surface area contributed by atoms with E-state index in [0.29, 0.717) is 12.8 Å². The summed E-state index contributed by atoms with van der Waals surface area (Å²) >= 11 is 6.49. The van der Waals surface area contributed by atoms with Gasteiger partial charge in [-0.2, -0.15) is 5.26 Å². The lowest BCUT2D eigenvalue weighted by molar-refractivity contribution is -0.172. The Bertz CT molecular complexity index is 1240. The zero-order chi connectivity index (χ0) is 27.5. The van der Waals surface area contributed by atoms with Gasteiger partial charge in [-0.25, -0.2) is 17.2 Å². The van der Waals surface area contributed by atoms with Gasteiger partial charge in [0.1, 0.15) is 11.8 Å². The summed E-state index contributed by atoms with van der Waals surface area (Å²) in [6.07, 6.45) is -0.455. The highest BCUT2D eigenvalue weighted by Gasteiger charge is 2.55. The van der Waals surface area contributed by atoms with Gasteiger partial charge in [-0.1, -0.05) is 11.6 Å². The SMILES string of the molecule is CN1CCN(c2ccc(S(=O)(=O)[C@H]3C[C@@H](C(=O)N4CC(F)(F)C4)[C@H](C(O)NC4(C#N)CC4)C3)c(Cl)c2)CC1. The van der Waals surface area contributed by atoms with Gasteiger partial charge in [-0.05, 0) is 50.9 Å². The van der Waals surface area contributed by atoms with E-state index in [1.165, 1.54) is 6.07 Å². The maximum Gasteiger partial charge on any atom is 0.282 e. The van der Waals surface area contributed by atoms with Crippen LogP contribution in [0.2, 0.25) is 5.02 Å². The molecule has 2 heterocycles. The number of nitriles is 1. The van der Waals surface area contributed by atoms with Gasteiger partial charge in [0.25, 0.3) is 5.92 Å². The molecular formula is C25H32ClF2N5O4S. The predicted molar refractivity (Wildman–Crippen MR) is 137 cm³/mol. The topological polar surface area (TPSA) is 117 Å². The van der Waals surface area contributed by atoms with Crippen molar-refractivity contribution in [1.29, 1.82) is 5.26 Å². The van der Waals surface area contributed by atoms with E-state index in [1.807, 2.05) is 7.05 Å². The third kappa shape index (κ3) is 5.23. The molecule has 2 aliphatic heterocycles. The van der Waals surface area contributed by atoms with Crippen molar-refractivity contribution in [2.75, 3.05) is 51.2 Å². The molecule has 5 rings (SSSR count). The summed E-state index contributed by atoms with van der Waals surface area (Å²) in [5.41, 5.74) is -0.0835. The van der Waals surface area contributed by atoms with Crippen LogP contribution in [0.25, 0.3) is 0 Å². The smallest absolute Gasteiger partial charge is 0.282 e. The second-order valence-corrected chi connectivity index (χ2v) is 13.8. The number of nitrogens with zero attached hydrogens (tertiary/aromatic N) is 4. The summed E-state index contributed by atoms with van der Waals surface area (Å²) in [5, 5.41) is 22.2. The molecule has 4 fully saturated rings. The average Bonchev–Trinajstić information content (AvgIpc) is 3.47. The fourth-order valence-corrected chi connectivity index (χ4v) is 8.16. The third-order valence-electron chi connectivity index (χ3n) is 8.36. The fraction of sp³-hybridized carbons (Fsp3) is 0.680. The number of alkyl halides is 2. The van der Waals surface area contributed by atoms with Crippen molar-refractivity contribution < 1.29 is 27.1 Å². The van der Waals surface area contributed by atoms with Crippen LogP contribution in [0.15, 0.2) is 23.1 Å². The van der Waals surface area contributed by atoms with Crippen molar-refractivity contribution in [3.05, 3.63) is 23.2 Å². The Balaban J connectivity index is 1.37. The molecule has 208 valence electrons. The van der Waals surface area contributed by atoms with Crippen molar-refractivity contribution in [1.82, 2.24) is 15.1 Å². The summed E-state index contributed by atoms with van der Waals surface area (Å²) in [5.74, 6) is -5.40. The first-order chi connectivity index (χ1) is 17.8. The molecule has 0 radical (unpaired) electrons. The molecule has 2 aliphatic carbocycles. The number of amides is 1. The highest BCUT2D eigenvalue weighted by atomic mass is 35.5. The summed E-state index contributed by atoms with van der Waals surface area (Å²) in [4.78, 5) is 18.5. The van der Waals surface area contributed by atoms with Crippen molar-refractivity contribution in [3.63, 3.8) is 0 Å². The molecule has 0 bridgehead atoms. The molecule has 4 aliphatic rings. The van der Waals surface area contributed by atoms with Gasteiger partial charge in [0.15, 0.2) is 9.84 Å². The van der Waals surface area contributed by atoms with Gasteiger partial charge in [0, 0.05) is 43.7 Å². The van der Waals surface area contributed by atoms with Crippen LogP contribution in [0, 0.1) is 23.2 Å². The fourth-order valence-electron chi connectivity index (χ4n) is 5.78. The quantitative estimate of drug-likeness (QED) is 0.475. The normalized spacial score (nSPS) is 29.4. The Morgan fingerprint density at radius 1 is 1.21 bits per heavy atom. The van der Waals surface area contributed by atoms with Crippen LogP contribution in [-0.4, -0.2) is 98.5 Å². The molecule has 2 saturated heterocycles. The lowest BCUT2D eigenvalue weighted by atomic mass is 9.91. The molecule has 1 unspecified atom stereocenters. The molecule has 0 aromatic heterocycles. The second kappa shape index (κ2) is 9.86. The van der Waals surface area contributed by atoms with Crippen LogP contribution in [0.3, 0.4) is 0 Å². The van der Waals surface area contributed by atoms with Crippen LogP contribution in [0.4, 0.5) is 14.5 Å². The molecule has 4 atom stereocenters. The summed E-state index contributed by atoms with van der Waals surface area (Å²) in [7, 11) is -1.97. The standard InChI is InChI=1S/C25H32ClF2N5O4S/c1-31-6-8-32(9-7-31)16-2-3-21(20(26)10-16)38(36,37)17-11-18(22(34)30-24(13-29)4-5-24)19(12-17)23(35)33-14-25(27,28)15-33/h2-3,10,17-19,22,30,34H,4-9,11-12,14-15H2,1H3/t17-,18-,19-,22?/m1/s1. The number of hydrogen-bond donors (Lipinski definition) is 2. The van der Waals surface area contributed by atoms with Crippen molar-refractivity contribution >= 4 is 33.0 Å². The number of rotatable bonds is 7. The van der Waals surface area contributed by atoms with E-state index in [9.17, 15) is 32.4 Å². The minimum atomic E-state index is -4.01. The van der Waals surface area contributed by atoms with Gasteiger partial charge >= 0.3 is 0 Å². The number of halogens is 3. The molecule has 2 saturated carbocycles. The van der Waals surface area contributed by atoms with E-state index < -0.39 is 63.6 Å². The maximum absolute atomic E-state index is 13.7. The molecule has 2 N–H and O–H groups in total. The first kappa shape index (κ1) is 27.5. The number of aliphatic hydroxyl groups is 1. The summed E-state index contributed by atoms with van der Waals surface area (Å²) in [6, 6.07) is 6.95. The number of aliphatic hydroxyl groups excluding tert-OH is 1. The molecule has 9 nitrogen and oxygen atoms in total. The number of likely N-dealkylation sites (N-methyl/N-ethyl adjacent to an activating group) is 1. The number of carbonyl (C=O) groups excluding carboxylic acids is 1. The van der Waals surface area contributed by atoms with E-state index in [-0.39, 0.29) is 22.8 Å². The monoisotopic (exact) mass is 571 g/mol.